The van der Waals surface area contributed by atoms with E-state index < -0.39 is 46.9 Å². The Balaban J connectivity index is 1.39. The summed E-state index contributed by atoms with van der Waals surface area (Å²) < 4.78 is 42.7. The molecule has 200 valence electrons. The van der Waals surface area contributed by atoms with Crippen LogP contribution in [0.3, 0.4) is 0 Å². The van der Waals surface area contributed by atoms with Gasteiger partial charge in [-0.3, -0.25) is 19.7 Å². The van der Waals surface area contributed by atoms with E-state index in [4.69, 9.17) is 0 Å². The van der Waals surface area contributed by atoms with Crippen LogP contribution in [0.25, 0.3) is 0 Å². The van der Waals surface area contributed by atoms with Gasteiger partial charge in [0.05, 0.1) is 0 Å². The first-order chi connectivity index (χ1) is 18.0. The summed E-state index contributed by atoms with van der Waals surface area (Å²) in [5.41, 5.74) is 0.843. The second-order valence-electron chi connectivity index (χ2n) is 10.5. The third-order valence-electron chi connectivity index (χ3n) is 8.52. The van der Waals surface area contributed by atoms with Crippen LogP contribution in [0.15, 0.2) is 30.3 Å². The van der Waals surface area contributed by atoms with E-state index >= 15 is 0 Å². The summed E-state index contributed by atoms with van der Waals surface area (Å²) in [7, 11) is 1.57. The molecule has 2 fully saturated rings. The number of Topliss-reactive ketones (excluding diaryl/α,β-unsaturated/α-hetero) is 1. The number of piperidine rings is 1. The Kier molecular flexibility index (Phi) is 6.31. The number of ketones is 1. The molecular weight excluding hydrogens is 499 g/mol. The van der Waals surface area contributed by atoms with Crippen molar-refractivity contribution in [1.29, 1.82) is 0 Å². The predicted molar refractivity (Wildman–Crippen MR) is 131 cm³/mol. The largest absolute Gasteiger partial charge is 0.339 e. The minimum absolute atomic E-state index is 0.0726. The number of carbonyl (C=O) groups excluding carboxylic acids is 4. The van der Waals surface area contributed by atoms with Gasteiger partial charge in [-0.25, -0.2) is 18.0 Å². The third kappa shape index (κ3) is 3.97. The molecule has 0 saturated carbocycles. The summed E-state index contributed by atoms with van der Waals surface area (Å²) in [6, 6.07) is 5.57. The molecule has 0 radical (unpaired) electrons. The lowest BCUT2D eigenvalue weighted by Gasteiger charge is -2.42. The number of likely N-dealkylation sites (tertiary alicyclic amines) is 1. The summed E-state index contributed by atoms with van der Waals surface area (Å²) in [6.45, 7) is 3.77. The zero-order valence-electron chi connectivity index (χ0n) is 21.3. The molecule has 2 heterocycles. The smallest absolute Gasteiger partial charge is 0.324 e. The Morgan fingerprint density at radius 3 is 2.45 bits per heavy atom. The highest BCUT2D eigenvalue weighted by Gasteiger charge is 2.54. The predicted octanol–water partition coefficient (Wildman–Crippen LogP) is 3.74. The quantitative estimate of drug-likeness (QED) is 0.365. The number of amides is 4. The highest BCUT2D eigenvalue weighted by atomic mass is 19.2. The zero-order chi connectivity index (χ0) is 27.5. The molecule has 1 aliphatic carbocycles. The molecule has 2 saturated heterocycles. The maximum Gasteiger partial charge on any atom is 0.324 e. The van der Waals surface area contributed by atoms with E-state index in [9.17, 15) is 32.3 Å². The Hall–Kier alpha value is -3.69. The van der Waals surface area contributed by atoms with Gasteiger partial charge < -0.3 is 9.80 Å². The number of urea groups is 1. The van der Waals surface area contributed by atoms with Crippen molar-refractivity contribution in [1.82, 2.24) is 15.1 Å². The number of imide groups is 1. The standard InChI is InChI=1S/C28H28F3N3O4/c1-4-34-14(2)20(21-10-19(29)11-22(30)24(21)31)8-17(25(34)36)9-23(35)15-5-6-16-12-28(13-18(16)7-15)26(37)32-27(38)33(28)3/h5-7,10-11,14,17,20H,4,8-9,12-13H2,1-3H3,(H,32,37,38)/t14-,17-,20-,28+/m1/s1. The van der Waals surface area contributed by atoms with Gasteiger partial charge in [-0.05, 0) is 49.1 Å². The molecule has 0 unspecified atom stereocenters. The molecule has 2 aromatic carbocycles. The van der Waals surface area contributed by atoms with Gasteiger partial charge in [0.15, 0.2) is 17.4 Å². The van der Waals surface area contributed by atoms with Gasteiger partial charge in [-0.2, -0.15) is 0 Å². The topological polar surface area (TPSA) is 86.8 Å². The average Bonchev–Trinajstić information content (AvgIpc) is 3.36. The van der Waals surface area contributed by atoms with Crippen LogP contribution < -0.4 is 5.32 Å². The van der Waals surface area contributed by atoms with Crippen molar-refractivity contribution in [2.24, 2.45) is 5.92 Å². The molecule has 4 amide bonds. The van der Waals surface area contributed by atoms with Gasteiger partial charge in [0, 0.05) is 62.4 Å². The summed E-state index contributed by atoms with van der Waals surface area (Å²) in [5.74, 6) is -5.76. The Bertz CT molecular complexity index is 1380. The van der Waals surface area contributed by atoms with Crippen molar-refractivity contribution in [3.8, 4) is 0 Å². The molecule has 2 aromatic rings. The number of nitrogens with one attached hydrogen (secondary N) is 1. The van der Waals surface area contributed by atoms with Crippen LogP contribution in [-0.2, 0) is 22.4 Å². The lowest BCUT2D eigenvalue weighted by Crippen LogP contribution is -2.50. The lowest BCUT2D eigenvalue weighted by atomic mass is 9.76. The Morgan fingerprint density at radius 1 is 1.08 bits per heavy atom. The second-order valence-corrected chi connectivity index (χ2v) is 10.5. The van der Waals surface area contributed by atoms with Crippen LogP contribution in [0.2, 0.25) is 0 Å². The van der Waals surface area contributed by atoms with Gasteiger partial charge >= 0.3 is 6.03 Å². The molecule has 4 atom stereocenters. The van der Waals surface area contributed by atoms with Crippen molar-refractivity contribution in [3.63, 3.8) is 0 Å². The van der Waals surface area contributed by atoms with Gasteiger partial charge in [0.1, 0.15) is 11.4 Å². The summed E-state index contributed by atoms with van der Waals surface area (Å²) >= 11 is 0. The molecule has 10 heteroatoms. The maximum atomic E-state index is 14.7. The molecule has 7 nitrogen and oxygen atoms in total. The van der Waals surface area contributed by atoms with Gasteiger partial charge in [-0.1, -0.05) is 12.1 Å². The van der Waals surface area contributed by atoms with Crippen LogP contribution >= 0.6 is 0 Å². The number of rotatable bonds is 5. The normalized spacial score (nSPS) is 26.8. The van der Waals surface area contributed by atoms with Crippen LogP contribution in [-0.4, -0.2) is 58.6 Å². The molecule has 2 aliphatic heterocycles. The van der Waals surface area contributed by atoms with E-state index in [1.165, 1.54) is 9.80 Å². The Morgan fingerprint density at radius 2 is 1.79 bits per heavy atom. The van der Waals surface area contributed by atoms with Crippen molar-refractivity contribution < 1.29 is 32.3 Å². The average molecular weight is 528 g/mol. The zero-order valence-corrected chi connectivity index (χ0v) is 21.3. The van der Waals surface area contributed by atoms with Crippen LogP contribution in [0.4, 0.5) is 18.0 Å². The first-order valence-electron chi connectivity index (χ1n) is 12.7. The maximum absolute atomic E-state index is 14.7. The molecule has 1 N–H and O–H groups in total. The molecule has 0 bridgehead atoms. The van der Waals surface area contributed by atoms with E-state index in [-0.39, 0.29) is 42.4 Å². The van der Waals surface area contributed by atoms with E-state index in [0.29, 0.717) is 24.6 Å². The fourth-order valence-electron chi connectivity index (χ4n) is 6.32. The number of likely N-dealkylation sites (N-methyl/N-ethyl adjacent to an activating group) is 2. The van der Waals surface area contributed by atoms with E-state index in [2.05, 4.69) is 5.32 Å². The van der Waals surface area contributed by atoms with E-state index in [0.717, 1.165) is 17.2 Å². The highest BCUT2D eigenvalue weighted by Crippen LogP contribution is 2.40. The number of nitrogens with zero attached hydrogens (tertiary/aromatic N) is 2. The van der Waals surface area contributed by atoms with Crippen molar-refractivity contribution in [3.05, 3.63) is 70.0 Å². The summed E-state index contributed by atoms with van der Waals surface area (Å²) in [4.78, 5) is 54.1. The molecular formula is C28H28F3N3O4. The monoisotopic (exact) mass is 527 g/mol. The van der Waals surface area contributed by atoms with Crippen LogP contribution in [0.5, 0.6) is 0 Å². The minimum Gasteiger partial charge on any atom is -0.339 e. The van der Waals surface area contributed by atoms with E-state index in [1.54, 1.807) is 39.1 Å². The third-order valence-corrected chi connectivity index (χ3v) is 8.52. The van der Waals surface area contributed by atoms with Crippen LogP contribution in [0, 0.1) is 23.4 Å². The molecule has 1 spiro atoms. The molecule has 0 aromatic heterocycles. The number of fused-ring (bicyclic) bond motifs is 1. The van der Waals surface area contributed by atoms with Crippen molar-refractivity contribution >= 4 is 23.6 Å². The fraction of sp³-hybridized carbons (Fsp3) is 0.429. The molecule has 38 heavy (non-hydrogen) atoms. The lowest BCUT2D eigenvalue weighted by molar-refractivity contribution is -0.142. The summed E-state index contributed by atoms with van der Waals surface area (Å²) in [5, 5.41) is 2.34. The molecule has 3 aliphatic rings. The number of carbonyl (C=O) groups is 4. The first kappa shape index (κ1) is 25.9. The number of benzene rings is 2. The summed E-state index contributed by atoms with van der Waals surface area (Å²) in [6.07, 6.45) is 0.532. The van der Waals surface area contributed by atoms with Gasteiger partial charge in [0.25, 0.3) is 5.91 Å². The number of hydrogen-bond donors (Lipinski definition) is 1. The van der Waals surface area contributed by atoms with Crippen LogP contribution in [0.1, 0.15) is 59.7 Å². The highest BCUT2D eigenvalue weighted by molar-refractivity contribution is 6.08. The second kappa shape index (κ2) is 9.25. The van der Waals surface area contributed by atoms with Crippen molar-refractivity contribution in [2.45, 2.75) is 57.0 Å². The van der Waals surface area contributed by atoms with Gasteiger partial charge in [-0.15, -0.1) is 0 Å². The SMILES string of the molecule is CCN1C(=O)[C@@H](CC(=O)c2ccc3c(c2)C[C@@]2(C3)C(=O)NC(=O)N2C)C[C@@H](c2cc(F)cc(F)c2F)[C@H]1C. The van der Waals surface area contributed by atoms with Crippen molar-refractivity contribution in [2.75, 3.05) is 13.6 Å². The van der Waals surface area contributed by atoms with Gasteiger partial charge in [0.2, 0.25) is 5.91 Å². The van der Waals surface area contributed by atoms with E-state index in [1.807, 2.05) is 0 Å². The minimum atomic E-state index is -1.29. The fourth-order valence-corrected chi connectivity index (χ4v) is 6.32. The molecule has 5 rings (SSSR count). The first-order valence-corrected chi connectivity index (χ1v) is 12.7. The number of halogens is 3. The Labute approximate surface area is 218 Å². The number of hydrogen-bond acceptors (Lipinski definition) is 4.